The lowest BCUT2D eigenvalue weighted by molar-refractivity contribution is -0.117. The fourth-order valence-corrected chi connectivity index (χ4v) is 2.33. The summed E-state index contributed by atoms with van der Waals surface area (Å²) in [6.45, 7) is 1.90. The molecule has 2 aromatic rings. The number of amides is 3. The zero-order valence-electron chi connectivity index (χ0n) is 13.5. The van der Waals surface area contributed by atoms with E-state index in [1.807, 2.05) is 31.2 Å². The molecule has 1 unspecified atom stereocenters. The number of nitrogens with one attached hydrogen (secondary N) is 3. The first-order valence-corrected chi connectivity index (χ1v) is 8.00. The van der Waals surface area contributed by atoms with E-state index in [2.05, 4.69) is 20.9 Å². The third kappa shape index (κ3) is 4.32. The fourth-order valence-electron chi connectivity index (χ4n) is 2.33. The zero-order chi connectivity index (χ0) is 16.9. The van der Waals surface area contributed by atoms with Crippen LogP contribution in [-0.4, -0.2) is 16.9 Å². The first-order chi connectivity index (χ1) is 11.6. The van der Waals surface area contributed by atoms with Gasteiger partial charge in [0.15, 0.2) is 0 Å². The second-order valence-corrected chi connectivity index (χ2v) is 5.95. The minimum absolute atomic E-state index is 0.0878. The van der Waals surface area contributed by atoms with Crippen LogP contribution in [0.5, 0.6) is 0 Å². The van der Waals surface area contributed by atoms with Crippen molar-refractivity contribution in [2.45, 2.75) is 25.8 Å². The Morgan fingerprint density at radius 3 is 2.46 bits per heavy atom. The maximum absolute atomic E-state index is 12.0. The highest BCUT2D eigenvalue weighted by molar-refractivity contribution is 5.94. The number of anilines is 2. The molecule has 0 radical (unpaired) electrons. The Bertz CT molecular complexity index is 712. The van der Waals surface area contributed by atoms with Gasteiger partial charge in [0.2, 0.25) is 5.91 Å². The van der Waals surface area contributed by atoms with Gasteiger partial charge in [-0.1, -0.05) is 12.1 Å². The van der Waals surface area contributed by atoms with Crippen LogP contribution in [0.1, 0.15) is 31.4 Å². The molecule has 1 saturated carbocycles. The summed E-state index contributed by atoms with van der Waals surface area (Å²) in [5, 5.41) is 8.50. The molecule has 1 aliphatic carbocycles. The predicted molar refractivity (Wildman–Crippen MR) is 92.6 cm³/mol. The molecule has 1 aromatic carbocycles. The van der Waals surface area contributed by atoms with Gasteiger partial charge in [-0.25, -0.2) is 4.79 Å². The molecule has 0 aliphatic heterocycles. The summed E-state index contributed by atoms with van der Waals surface area (Å²) in [4.78, 5) is 27.7. The molecule has 0 bridgehead atoms. The molecule has 24 heavy (non-hydrogen) atoms. The summed E-state index contributed by atoms with van der Waals surface area (Å²) < 4.78 is 0. The van der Waals surface area contributed by atoms with E-state index in [1.165, 1.54) is 0 Å². The lowest BCUT2D eigenvalue weighted by Gasteiger charge is -2.15. The molecule has 1 fully saturated rings. The normalized spacial score (nSPS) is 14.5. The van der Waals surface area contributed by atoms with E-state index >= 15 is 0 Å². The second kappa shape index (κ2) is 7.12. The lowest BCUT2D eigenvalue weighted by Crippen LogP contribution is -2.31. The van der Waals surface area contributed by atoms with E-state index in [0.717, 1.165) is 24.1 Å². The lowest BCUT2D eigenvalue weighted by atomic mass is 10.1. The van der Waals surface area contributed by atoms with Gasteiger partial charge in [0.05, 0.1) is 17.9 Å². The van der Waals surface area contributed by atoms with Crippen LogP contribution in [0.25, 0.3) is 0 Å². The Morgan fingerprint density at radius 1 is 1.08 bits per heavy atom. The number of carbonyl (C=O) groups is 2. The van der Waals surface area contributed by atoms with Crippen LogP contribution in [0, 0.1) is 5.92 Å². The van der Waals surface area contributed by atoms with Gasteiger partial charge in [-0.2, -0.15) is 0 Å². The molecule has 0 saturated heterocycles. The Labute approximate surface area is 140 Å². The van der Waals surface area contributed by atoms with Gasteiger partial charge in [0, 0.05) is 17.8 Å². The van der Waals surface area contributed by atoms with E-state index in [-0.39, 0.29) is 23.9 Å². The first kappa shape index (κ1) is 16.0. The van der Waals surface area contributed by atoms with Crippen molar-refractivity contribution in [3.63, 3.8) is 0 Å². The van der Waals surface area contributed by atoms with Crippen LogP contribution in [-0.2, 0) is 4.79 Å². The van der Waals surface area contributed by atoms with Gasteiger partial charge in [-0.15, -0.1) is 0 Å². The average molecular weight is 324 g/mol. The standard InChI is InChI=1S/C18H20N4O2/c1-12(20-18(24)22-16-3-2-10-19-11-16)13-6-8-15(9-7-13)21-17(23)14-4-5-14/h2-3,6-12,14H,4-5H2,1H3,(H,21,23)(H2,20,22,24). The monoisotopic (exact) mass is 324 g/mol. The van der Waals surface area contributed by atoms with Gasteiger partial charge in [-0.3, -0.25) is 9.78 Å². The van der Waals surface area contributed by atoms with E-state index in [0.29, 0.717) is 5.69 Å². The summed E-state index contributed by atoms with van der Waals surface area (Å²) in [7, 11) is 0. The SMILES string of the molecule is CC(NC(=O)Nc1cccnc1)c1ccc(NC(=O)C2CC2)cc1. The molecule has 3 rings (SSSR count). The quantitative estimate of drug-likeness (QED) is 0.789. The van der Waals surface area contributed by atoms with Crippen LogP contribution in [0.15, 0.2) is 48.8 Å². The predicted octanol–water partition coefficient (Wildman–Crippen LogP) is 3.31. The molecular formula is C18H20N4O2. The summed E-state index contributed by atoms with van der Waals surface area (Å²) in [5.74, 6) is 0.270. The van der Waals surface area contributed by atoms with Crippen molar-refractivity contribution in [1.82, 2.24) is 10.3 Å². The molecule has 1 atom stereocenters. The molecular weight excluding hydrogens is 304 g/mol. The molecule has 1 aliphatic rings. The molecule has 6 nitrogen and oxygen atoms in total. The molecule has 6 heteroatoms. The minimum Gasteiger partial charge on any atom is -0.331 e. The number of hydrogen-bond donors (Lipinski definition) is 3. The highest BCUT2D eigenvalue weighted by Crippen LogP contribution is 2.30. The van der Waals surface area contributed by atoms with Crippen molar-refractivity contribution in [3.8, 4) is 0 Å². The van der Waals surface area contributed by atoms with Gasteiger partial charge >= 0.3 is 6.03 Å². The highest BCUT2D eigenvalue weighted by Gasteiger charge is 2.29. The Balaban J connectivity index is 1.53. The maximum Gasteiger partial charge on any atom is 0.319 e. The smallest absolute Gasteiger partial charge is 0.319 e. The van der Waals surface area contributed by atoms with Crippen molar-refractivity contribution in [1.29, 1.82) is 0 Å². The molecule has 0 spiro atoms. The largest absolute Gasteiger partial charge is 0.331 e. The van der Waals surface area contributed by atoms with Crippen LogP contribution >= 0.6 is 0 Å². The molecule has 1 aromatic heterocycles. The van der Waals surface area contributed by atoms with Crippen LogP contribution < -0.4 is 16.0 Å². The van der Waals surface area contributed by atoms with Gasteiger partial charge in [0.1, 0.15) is 0 Å². The van der Waals surface area contributed by atoms with Crippen LogP contribution in [0.2, 0.25) is 0 Å². The van der Waals surface area contributed by atoms with Crippen molar-refractivity contribution >= 4 is 23.3 Å². The van der Waals surface area contributed by atoms with Gasteiger partial charge in [0.25, 0.3) is 0 Å². The van der Waals surface area contributed by atoms with Crippen molar-refractivity contribution in [2.24, 2.45) is 5.92 Å². The Hall–Kier alpha value is -2.89. The van der Waals surface area contributed by atoms with E-state index in [1.54, 1.807) is 24.5 Å². The van der Waals surface area contributed by atoms with E-state index < -0.39 is 0 Å². The number of carbonyl (C=O) groups excluding carboxylic acids is 2. The first-order valence-electron chi connectivity index (χ1n) is 8.00. The van der Waals surface area contributed by atoms with Crippen molar-refractivity contribution in [2.75, 3.05) is 10.6 Å². The number of aromatic nitrogens is 1. The van der Waals surface area contributed by atoms with Crippen molar-refractivity contribution in [3.05, 3.63) is 54.4 Å². The molecule has 1 heterocycles. The Kier molecular flexibility index (Phi) is 4.74. The third-order valence-electron chi connectivity index (χ3n) is 3.89. The van der Waals surface area contributed by atoms with E-state index in [4.69, 9.17) is 0 Å². The van der Waals surface area contributed by atoms with Crippen LogP contribution in [0.4, 0.5) is 16.2 Å². The number of hydrogen-bond acceptors (Lipinski definition) is 3. The topological polar surface area (TPSA) is 83.1 Å². The Morgan fingerprint density at radius 2 is 1.83 bits per heavy atom. The summed E-state index contributed by atoms with van der Waals surface area (Å²) >= 11 is 0. The van der Waals surface area contributed by atoms with E-state index in [9.17, 15) is 9.59 Å². The van der Waals surface area contributed by atoms with Gasteiger partial charge in [-0.05, 0) is 49.6 Å². The number of pyridine rings is 1. The summed E-state index contributed by atoms with van der Waals surface area (Å²) in [5.41, 5.74) is 2.38. The molecule has 3 N–H and O–H groups in total. The summed E-state index contributed by atoms with van der Waals surface area (Å²) in [6, 6.07) is 10.6. The zero-order valence-corrected chi connectivity index (χ0v) is 13.5. The minimum atomic E-state index is -0.290. The fraction of sp³-hybridized carbons (Fsp3) is 0.278. The second-order valence-electron chi connectivity index (χ2n) is 5.95. The van der Waals surface area contributed by atoms with Crippen LogP contribution in [0.3, 0.4) is 0 Å². The maximum atomic E-state index is 12.0. The molecule has 124 valence electrons. The number of nitrogens with zero attached hydrogens (tertiary/aromatic N) is 1. The number of urea groups is 1. The third-order valence-corrected chi connectivity index (χ3v) is 3.89. The summed E-state index contributed by atoms with van der Waals surface area (Å²) in [6.07, 6.45) is 5.20. The highest BCUT2D eigenvalue weighted by atomic mass is 16.2. The number of benzene rings is 1. The average Bonchev–Trinajstić information content (AvgIpc) is 3.41. The van der Waals surface area contributed by atoms with Gasteiger partial charge < -0.3 is 16.0 Å². The number of rotatable bonds is 5. The molecule has 3 amide bonds. The van der Waals surface area contributed by atoms with Crippen molar-refractivity contribution < 1.29 is 9.59 Å².